The molecule has 0 bridgehead atoms. The van der Waals surface area contributed by atoms with Crippen molar-refractivity contribution in [2.75, 3.05) is 0 Å². The smallest absolute Gasteiger partial charge is 0.335 e. The van der Waals surface area contributed by atoms with Crippen molar-refractivity contribution in [1.82, 2.24) is 15.0 Å². The molecule has 43 heavy (non-hydrogen) atoms. The van der Waals surface area contributed by atoms with E-state index >= 15 is 0 Å². The average molecular weight is 622 g/mol. The normalized spacial score (nSPS) is 11.7. The number of aromatic nitrogens is 3. The van der Waals surface area contributed by atoms with Crippen LogP contribution in [0.5, 0.6) is 5.88 Å². The molecular formula is C31H28FN3O6S2. The molecule has 0 amide bonds. The third kappa shape index (κ3) is 7.20. The number of carboxylic acid groups (broad SMARTS) is 2. The van der Waals surface area contributed by atoms with Crippen LogP contribution in [0, 0.1) is 12.7 Å². The number of ether oxygens (including phenoxy) is 1. The van der Waals surface area contributed by atoms with E-state index in [0.717, 1.165) is 35.3 Å². The zero-order valence-electron chi connectivity index (χ0n) is 23.9. The number of benzene rings is 1. The molecule has 12 heteroatoms. The molecule has 222 valence electrons. The van der Waals surface area contributed by atoms with E-state index in [1.807, 2.05) is 6.92 Å². The Morgan fingerprint density at radius 2 is 1.53 bits per heavy atom. The second kappa shape index (κ2) is 12.5. The second-order valence-corrected chi connectivity index (χ2v) is 13.8. The minimum Gasteiger partial charge on any atom is -0.480 e. The van der Waals surface area contributed by atoms with E-state index in [-0.39, 0.29) is 17.0 Å². The topological polar surface area (TPSA) is 140 Å². The van der Waals surface area contributed by atoms with Crippen LogP contribution in [0.2, 0.25) is 0 Å². The summed E-state index contributed by atoms with van der Waals surface area (Å²) in [7, 11) is 0. The van der Waals surface area contributed by atoms with Gasteiger partial charge in [-0.1, -0.05) is 12.1 Å². The Morgan fingerprint density at radius 1 is 0.837 bits per heavy atom. The number of carboxylic acids is 2. The summed E-state index contributed by atoms with van der Waals surface area (Å²) in [6.45, 7) is 8.28. The predicted molar refractivity (Wildman–Crippen MR) is 162 cm³/mol. The second-order valence-electron chi connectivity index (χ2n) is 10.5. The summed E-state index contributed by atoms with van der Waals surface area (Å²) in [5.74, 6) is -3.68. The van der Waals surface area contributed by atoms with Gasteiger partial charge in [-0.15, -0.1) is 23.5 Å². The zero-order chi connectivity index (χ0) is 31.5. The molecule has 0 fully saturated rings. The van der Waals surface area contributed by atoms with Gasteiger partial charge >= 0.3 is 17.9 Å². The molecule has 3 aromatic heterocycles. The molecule has 0 spiro atoms. The highest BCUT2D eigenvalue weighted by atomic mass is 32.2. The summed E-state index contributed by atoms with van der Waals surface area (Å²) in [6.07, 6.45) is 6.00. The molecule has 4 aromatic rings. The summed E-state index contributed by atoms with van der Waals surface area (Å²) < 4.78 is 18.4. The monoisotopic (exact) mass is 621 g/mol. The van der Waals surface area contributed by atoms with Crippen molar-refractivity contribution < 1.29 is 33.7 Å². The Balaban J connectivity index is 1.69. The van der Waals surface area contributed by atoms with Gasteiger partial charge < -0.3 is 14.9 Å². The zero-order valence-corrected chi connectivity index (χ0v) is 25.5. The Kier molecular flexibility index (Phi) is 9.21. The number of hydrogen-bond acceptors (Lipinski definition) is 9. The van der Waals surface area contributed by atoms with Crippen molar-refractivity contribution in [2.24, 2.45) is 0 Å². The van der Waals surface area contributed by atoms with E-state index in [1.165, 1.54) is 30.7 Å². The number of carbonyl (C=O) groups is 3. The van der Waals surface area contributed by atoms with Gasteiger partial charge in [0.2, 0.25) is 5.88 Å². The number of aromatic carboxylic acids is 1. The molecule has 0 saturated carbocycles. The van der Waals surface area contributed by atoms with Crippen LogP contribution in [0.1, 0.15) is 43.7 Å². The highest BCUT2D eigenvalue weighted by Gasteiger charge is 2.35. The quantitative estimate of drug-likeness (QED) is 0.143. The van der Waals surface area contributed by atoms with Crippen LogP contribution in [-0.4, -0.2) is 52.6 Å². The first-order valence-electron chi connectivity index (χ1n) is 12.9. The van der Waals surface area contributed by atoms with Gasteiger partial charge in [-0.2, -0.15) is 0 Å². The largest absolute Gasteiger partial charge is 0.480 e. The molecular weight excluding hydrogens is 593 g/mol. The van der Waals surface area contributed by atoms with Crippen molar-refractivity contribution in [2.45, 2.75) is 53.9 Å². The number of esters is 1. The Morgan fingerprint density at radius 3 is 2.16 bits per heavy atom. The molecule has 0 radical (unpaired) electrons. The fraction of sp³-hybridized carbons (Fsp3) is 0.226. The molecule has 2 N–H and O–H groups in total. The first kappa shape index (κ1) is 31.6. The van der Waals surface area contributed by atoms with Crippen LogP contribution in [0.4, 0.5) is 4.39 Å². The van der Waals surface area contributed by atoms with E-state index < -0.39 is 33.2 Å². The molecule has 3 heterocycles. The van der Waals surface area contributed by atoms with Crippen molar-refractivity contribution in [3.63, 3.8) is 0 Å². The summed E-state index contributed by atoms with van der Waals surface area (Å²) in [5, 5.41) is 18.9. The van der Waals surface area contributed by atoms with E-state index in [4.69, 9.17) is 4.74 Å². The average Bonchev–Trinajstić information content (AvgIpc) is 2.94. The maximum Gasteiger partial charge on any atom is 0.335 e. The molecule has 0 unspecified atom stereocenters. The molecule has 0 aliphatic rings. The van der Waals surface area contributed by atoms with E-state index in [0.29, 0.717) is 26.5 Å². The number of hydrogen-bond donors (Lipinski definition) is 2. The molecule has 0 aliphatic carbocycles. The lowest BCUT2D eigenvalue weighted by atomic mass is 10.0. The van der Waals surface area contributed by atoms with Crippen molar-refractivity contribution >= 4 is 41.4 Å². The number of aryl methyl sites for hydroxylation is 1. The molecule has 0 atom stereocenters. The van der Waals surface area contributed by atoms with Crippen LogP contribution in [-0.2, 0) is 9.59 Å². The number of pyridine rings is 3. The summed E-state index contributed by atoms with van der Waals surface area (Å²) in [4.78, 5) is 50.6. The fourth-order valence-corrected chi connectivity index (χ4v) is 6.00. The number of nitrogens with zero attached hydrogens (tertiary/aromatic N) is 3. The van der Waals surface area contributed by atoms with Crippen molar-refractivity contribution in [3.8, 4) is 28.1 Å². The van der Waals surface area contributed by atoms with E-state index in [1.54, 1.807) is 58.2 Å². The number of carbonyl (C=O) groups excluding carboxylic acids is 1. The van der Waals surface area contributed by atoms with E-state index in [2.05, 4.69) is 15.0 Å². The number of thioether (sulfide) groups is 2. The van der Waals surface area contributed by atoms with Gasteiger partial charge in [-0.3, -0.25) is 19.6 Å². The van der Waals surface area contributed by atoms with Crippen LogP contribution >= 0.6 is 23.5 Å². The lowest BCUT2D eigenvalue weighted by Crippen LogP contribution is -2.33. The SMILES string of the molecule is Cc1ccc(-c2c(SC(C)(C)C(=O)O)ccnc2OC(=O)C(C)(C)Sc2ccncc2-c2ccc(C(=O)O)cc2F)cn1. The van der Waals surface area contributed by atoms with Gasteiger partial charge in [0.05, 0.1) is 11.1 Å². The van der Waals surface area contributed by atoms with Gasteiger partial charge in [0.1, 0.15) is 15.3 Å². The maximum atomic E-state index is 14.9. The van der Waals surface area contributed by atoms with Crippen LogP contribution in [0.15, 0.2) is 77.0 Å². The van der Waals surface area contributed by atoms with Gasteiger partial charge in [0.25, 0.3) is 0 Å². The highest BCUT2D eigenvalue weighted by molar-refractivity contribution is 8.01. The summed E-state index contributed by atoms with van der Waals surface area (Å²) >= 11 is 2.21. The lowest BCUT2D eigenvalue weighted by Gasteiger charge is -2.25. The minimum atomic E-state index is -1.25. The number of aliphatic carboxylic acids is 1. The van der Waals surface area contributed by atoms with Gasteiger partial charge in [-0.25, -0.2) is 14.2 Å². The molecule has 0 aliphatic heterocycles. The molecule has 1 aromatic carbocycles. The van der Waals surface area contributed by atoms with Gasteiger partial charge in [0, 0.05) is 57.0 Å². The standard InChI is InChI=1S/C31H28FN3O6S2/c1-17-6-7-19(15-35-17)25-24(43-30(2,3)28(38)39)11-13-34-26(25)41-29(40)31(4,5)42-23-10-12-33-16-21(23)20-9-8-18(27(36)37)14-22(20)32/h6-16H,1-5H3,(H,36,37)(H,38,39). The predicted octanol–water partition coefficient (Wildman–Crippen LogP) is 6.78. The first-order chi connectivity index (χ1) is 20.2. The Labute approximate surface area is 256 Å². The van der Waals surface area contributed by atoms with Crippen LogP contribution in [0.25, 0.3) is 22.3 Å². The highest BCUT2D eigenvalue weighted by Crippen LogP contribution is 2.44. The third-order valence-corrected chi connectivity index (χ3v) is 8.79. The van der Waals surface area contributed by atoms with E-state index in [9.17, 15) is 29.0 Å². The Hall–Kier alpha value is -4.29. The minimum absolute atomic E-state index is 0.0132. The van der Waals surface area contributed by atoms with Crippen molar-refractivity contribution in [3.05, 3.63) is 84.3 Å². The maximum absolute atomic E-state index is 14.9. The molecule has 9 nitrogen and oxygen atoms in total. The van der Waals surface area contributed by atoms with Crippen molar-refractivity contribution in [1.29, 1.82) is 0 Å². The first-order valence-corrected chi connectivity index (χ1v) is 14.6. The van der Waals surface area contributed by atoms with Gasteiger partial charge in [-0.05, 0) is 65.0 Å². The van der Waals surface area contributed by atoms with Crippen LogP contribution < -0.4 is 4.74 Å². The Bertz CT molecular complexity index is 1710. The van der Waals surface area contributed by atoms with Crippen LogP contribution in [0.3, 0.4) is 0 Å². The molecule has 0 saturated heterocycles. The lowest BCUT2D eigenvalue weighted by molar-refractivity contribution is -0.139. The van der Waals surface area contributed by atoms with Gasteiger partial charge in [0.15, 0.2) is 0 Å². The summed E-state index contributed by atoms with van der Waals surface area (Å²) in [5.41, 5.74) is 2.10. The fourth-order valence-electron chi connectivity index (χ4n) is 3.86. The summed E-state index contributed by atoms with van der Waals surface area (Å²) in [6, 6.07) is 10.5. The number of halogens is 1. The molecule has 4 rings (SSSR count). The number of rotatable bonds is 10. The third-order valence-electron chi connectivity index (χ3n) is 6.29.